The van der Waals surface area contributed by atoms with E-state index >= 15 is 0 Å². The first-order chi connectivity index (χ1) is 12.3. The number of aliphatic hydroxyl groups is 1. The summed E-state index contributed by atoms with van der Waals surface area (Å²) in [4.78, 5) is 2.32. The SMILES string of the molecule is OCc1ccc2c(c1)CN(Cc1ccc(C3CCCCO3)o1)CCO2. The number of furan rings is 1. The van der Waals surface area contributed by atoms with Crippen LogP contribution in [-0.4, -0.2) is 29.8 Å². The molecule has 25 heavy (non-hydrogen) atoms. The summed E-state index contributed by atoms with van der Waals surface area (Å²) in [6.07, 6.45) is 3.51. The van der Waals surface area contributed by atoms with Crippen LogP contribution in [0.15, 0.2) is 34.7 Å². The summed E-state index contributed by atoms with van der Waals surface area (Å²) in [5.41, 5.74) is 2.03. The number of benzene rings is 1. The molecule has 1 unspecified atom stereocenters. The molecule has 3 heterocycles. The molecule has 0 spiro atoms. The molecule has 1 N–H and O–H groups in total. The Labute approximate surface area is 148 Å². The summed E-state index contributed by atoms with van der Waals surface area (Å²) in [6, 6.07) is 10.0. The van der Waals surface area contributed by atoms with Gasteiger partial charge in [0.05, 0.1) is 13.2 Å². The Bertz CT molecular complexity index is 705. The maximum absolute atomic E-state index is 9.36. The molecule has 2 aliphatic rings. The molecule has 5 heteroatoms. The smallest absolute Gasteiger partial charge is 0.133 e. The van der Waals surface area contributed by atoms with E-state index in [1.807, 2.05) is 18.2 Å². The summed E-state index contributed by atoms with van der Waals surface area (Å²) < 4.78 is 17.7. The van der Waals surface area contributed by atoms with Crippen molar-refractivity contribution >= 4 is 0 Å². The van der Waals surface area contributed by atoms with Gasteiger partial charge < -0.3 is 19.0 Å². The second-order valence-electron chi connectivity index (χ2n) is 6.82. The molecule has 4 rings (SSSR count). The molecule has 0 bridgehead atoms. The number of fused-ring (bicyclic) bond motifs is 1. The molecule has 0 amide bonds. The van der Waals surface area contributed by atoms with Crippen LogP contribution in [0.3, 0.4) is 0 Å². The lowest BCUT2D eigenvalue weighted by atomic mass is 10.1. The van der Waals surface area contributed by atoms with E-state index in [4.69, 9.17) is 13.9 Å². The molecule has 0 radical (unpaired) electrons. The van der Waals surface area contributed by atoms with Crippen molar-refractivity contribution in [2.75, 3.05) is 19.8 Å². The van der Waals surface area contributed by atoms with E-state index in [-0.39, 0.29) is 12.7 Å². The Hall–Kier alpha value is -1.82. The third-order valence-corrected chi connectivity index (χ3v) is 4.93. The minimum absolute atomic E-state index is 0.0518. The molecular formula is C20H25NO4. The van der Waals surface area contributed by atoms with E-state index in [1.165, 1.54) is 6.42 Å². The van der Waals surface area contributed by atoms with Gasteiger partial charge in [0, 0.05) is 25.3 Å². The number of hydrogen-bond acceptors (Lipinski definition) is 5. The first-order valence-corrected chi connectivity index (χ1v) is 9.10. The van der Waals surface area contributed by atoms with Gasteiger partial charge in [0.2, 0.25) is 0 Å². The van der Waals surface area contributed by atoms with Crippen LogP contribution in [0, 0.1) is 0 Å². The number of aliphatic hydroxyl groups excluding tert-OH is 1. The summed E-state index contributed by atoms with van der Waals surface area (Å²) in [7, 11) is 0. The predicted octanol–water partition coefficient (Wildman–Crippen LogP) is 3.41. The average molecular weight is 343 g/mol. The topological polar surface area (TPSA) is 55.1 Å². The third-order valence-electron chi connectivity index (χ3n) is 4.93. The maximum Gasteiger partial charge on any atom is 0.133 e. The quantitative estimate of drug-likeness (QED) is 0.922. The highest BCUT2D eigenvalue weighted by Crippen LogP contribution is 2.30. The Morgan fingerprint density at radius 1 is 1.12 bits per heavy atom. The molecule has 0 aliphatic carbocycles. The van der Waals surface area contributed by atoms with Gasteiger partial charge in [-0.05, 0) is 49.1 Å². The molecule has 1 aromatic heterocycles. The van der Waals surface area contributed by atoms with Crippen molar-refractivity contribution in [2.45, 2.75) is 45.1 Å². The molecule has 1 aromatic carbocycles. The first kappa shape index (κ1) is 16.6. The van der Waals surface area contributed by atoms with Gasteiger partial charge in [0.1, 0.15) is 30.0 Å². The van der Waals surface area contributed by atoms with Gasteiger partial charge in [-0.1, -0.05) is 6.07 Å². The van der Waals surface area contributed by atoms with Gasteiger partial charge in [-0.3, -0.25) is 4.90 Å². The van der Waals surface area contributed by atoms with Crippen molar-refractivity contribution in [3.05, 3.63) is 53.0 Å². The summed E-state index contributed by atoms with van der Waals surface area (Å²) in [5, 5.41) is 9.36. The Morgan fingerprint density at radius 2 is 2.08 bits per heavy atom. The van der Waals surface area contributed by atoms with Crippen molar-refractivity contribution in [3.8, 4) is 5.75 Å². The van der Waals surface area contributed by atoms with Gasteiger partial charge in [0.15, 0.2) is 0 Å². The molecule has 2 aromatic rings. The minimum Gasteiger partial charge on any atom is -0.492 e. The van der Waals surface area contributed by atoms with E-state index in [0.29, 0.717) is 6.61 Å². The highest BCUT2D eigenvalue weighted by atomic mass is 16.5. The number of rotatable bonds is 4. The van der Waals surface area contributed by atoms with E-state index in [2.05, 4.69) is 17.0 Å². The van der Waals surface area contributed by atoms with Crippen LogP contribution in [0.25, 0.3) is 0 Å². The Balaban J connectivity index is 1.44. The average Bonchev–Trinajstić information content (AvgIpc) is 3.02. The molecule has 1 saturated heterocycles. The van der Waals surface area contributed by atoms with Gasteiger partial charge in [-0.25, -0.2) is 0 Å². The summed E-state index contributed by atoms with van der Waals surface area (Å²) in [5.74, 6) is 2.82. The standard InChI is InChI=1S/C20H25NO4/c22-14-15-4-6-18-16(11-15)12-21(8-10-24-18)13-17-5-7-20(25-17)19-3-1-2-9-23-19/h4-7,11,19,22H,1-3,8-10,12-14H2. The lowest BCUT2D eigenvalue weighted by Gasteiger charge is -2.21. The van der Waals surface area contributed by atoms with Crippen molar-refractivity contribution < 1.29 is 19.0 Å². The van der Waals surface area contributed by atoms with E-state index < -0.39 is 0 Å². The van der Waals surface area contributed by atoms with Gasteiger partial charge >= 0.3 is 0 Å². The number of ether oxygens (including phenoxy) is 2. The first-order valence-electron chi connectivity index (χ1n) is 9.10. The van der Waals surface area contributed by atoms with Gasteiger partial charge in [-0.15, -0.1) is 0 Å². The number of hydrogen-bond donors (Lipinski definition) is 1. The minimum atomic E-state index is 0.0518. The van der Waals surface area contributed by atoms with E-state index in [0.717, 1.165) is 67.5 Å². The highest BCUT2D eigenvalue weighted by molar-refractivity contribution is 5.37. The van der Waals surface area contributed by atoms with Crippen molar-refractivity contribution in [3.63, 3.8) is 0 Å². The zero-order valence-electron chi connectivity index (χ0n) is 14.4. The fourth-order valence-electron chi connectivity index (χ4n) is 3.57. The Kier molecular flexibility index (Phi) is 5.06. The molecule has 5 nitrogen and oxygen atoms in total. The highest BCUT2D eigenvalue weighted by Gasteiger charge is 2.21. The molecule has 0 saturated carbocycles. The summed E-state index contributed by atoms with van der Waals surface area (Å²) in [6.45, 7) is 3.92. The van der Waals surface area contributed by atoms with Gasteiger partial charge in [0.25, 0.3) is 0 Å². The van der Waals surface area contributed by atoms with Crippen molar-refractivity contribution in [2.24, 2.45) is 0 Å². The fourth-order valence-corrected chi connectivity index (χ4v) is 3.57. The molecular weight excluding hydrogens is 318 g/mol. The van der Waals surface area contributed by atoms with E-state index in [9.17, 15) is 5.11 Å². The Morgan fingerprint density at radius 3 is 2.92 bits per heavy atom. The lowest BCUT2D eigenvalue weighted by Crippen LogP contribution is -2.25. The van der Waals surface area contributed by atoms with Crippen molar-refractivity contribution in [1.82, 2.24) is 4.90 Å². The van der Waals surface area contributed by atoms with Crippen LogP contribution in [0.2, 0.25) is 0 Å². The largest absolute Gasteiger partial charge is 0.492 e. The van der Waals surface area contributed by atoms with Gasteiger partial charge in [-0.2, -0.15) is 0 Å². The molecule has 2 aliphatic heterocycles. The number of nitrogens with zero attached hydrogens (tertiary/aromatic N) is 1. The van der Waals surface area contributed by atoms with Crippen LogP contribution in [-0.2, 0) is 24.4 Å². The predicted molar refractivity (Wildman–Crippen MR) is 93.2 cm³/mol. The molecule has 1 fully saturated rings. The van der Waals surface area contributed by atoms with Crippen LogP contribution in [0.5, 0.6) is 5.75 Å². The second-order valence-corrected chi connectivity index (χ2v) is 6.82. The monoisotopic (exact) mass is 343 g/mol. The normalized spacial score (nSPS) is 21.4. The van der Waals surface area contributed by atoms with Crippen LogP contribution in [0.4, 0.5) is 0 Å². The summed E-state index contributed by atoms with van der Waals surface area (Å²) >= 11 is 0. The van der Waals surface area contributed by atoms with Crippen molar-refractivity contribution in [1.29, 1.82) is 0 Å². The molecule has 1 atom stereocenters. The third kappa shape index (κ3) is 3.89. The zero-order chi connectivity index (χ0) is 17.1. The maximum atomic E-state index is 9.36. The lowest BCUT2D eigenvalue weighted by molar-refractivity contribution is 0.000804. The van der Waals surface area contributed by atoms with Crippen LogP contribution < -0.4 is 4.74 Å². The fraction of sp³-hybridized carbons (Fsp3) is 0.500. The van der Waals surface area contributed by atoms with Crippen LogP contribution in [0.1, 0.15) is 48.0 Å². The zero-order valence-corrected chi connectivity index (χ0v) is 14.4. The molecule has 134 valence electrons. The van der Waals surface area contributed by atoms with E-state index in [1.54, 1.807) is 0 Å². The second kappa shape index (κ2) is 7.60. The van der Waals surface area contributed by atoms with Crippen LogP contribution >= 0.6 is 0 Å².